The predicted octanol–water partition coefficient (Wildman–Crippen LogP) is -6.12. The van der Waals surface area contributed by atoms with E-state index < -0.39 is 266 Å². The maximum absolute atomic E-state index is 14.3. The molecule has 2 rings (SSSR count). The smallest absolute Gasteiger partial charge is 0.326 e. The highest BCUT2D eigenvalue weighted by Crippen LogP contribution is 2.16. The molecule has 710 valence electrons. The third kappa shape index (κ3) is 42.6. The number of amides is 16. The van der Waals surface area contributed by atoms with Crippen LogP contribution in [0.4, 0.5) is 0 Å². The third-order valence-corrected chi connectivity index (χ3v) is 20.1. The van der Waals surface area contributed by atoms with Crippen molar-refractivity contribution in [3.8, 4) is 0 Å². The molecule has 0 bridgehead atoms. The van der Waals surface area contributed by atoms with Gasteiger partial charge in [-0.15, -0.1) is 0 Å². The Morgan fingerprint density at radius 3 is 1.24 bits per heavy atom. The van der Waals surface area contributed by atoms with Gasteiger partial charge in [-0.1, -0.05) is 85.7 Å². The molecule has 16 atom stereocenters. The molecule has 0 spiro atoms. The molecule has 1 aromatic carbocycles. The minimum absolute atomic E-state index is 0.00834. The van der Waals surface area contributed by atoms with Crippen LogP contribution in [0.5, 0.6) is 0 Å². The van der Waals surface area contributed by atoms with E-state index in [1.165, 1.54) is 52.0 Å². The first-order chi connectivity index (χ1) is 59.6. The van der Waals surface area contributed by atoms with E-state index in [0.29, 0.717) is 23.4 Å². The number of aliphatic imine (C=N–C) groups is 1. The molecule has 0 saturated carbocycles. The fraction of sp³-hybridized carbons (Fsp3) is 0.637. The Morgan fingerprint density at radius 1 is 0.425 bits per heavy atom. The van der Waals surface area contributed by atoms with Crippen LogP contribution >= 0.6 is 11.8 Å². The quantitative estimate of drug-likeness (QED) is 0.0166. The lowest BCUT2D eigenvalue weighted by atomic mass is 9.99. The van der Waals surface area contributed by atoms with Crippen LogP contribution in [0.2, 0.25) is 0 Å². The number of rotatable bonds is 61. The summed E-state index contributed by atoms with van der Waals surface area (Å²) >= 11 is 1.46. The summed E-state index contributed by atoms with van der Waals surface area (Å²) in [6, 6.07) is -16.0. The number of benzene rings is 1. The van der Waals surface area contributed by atoms with Crippen LogP contribution in [0, 0.1) is 23.7 Å². The number of aromatic amines is 1. The molecule has 0 radical (unpaired) electrons. The Hall–Kier alpha value is -12.1. The highest BCUT2D eigenvalue weighted by atomic mass is 32.2. The van der Waals surface area contributed by atoms with E-state index >= 15 is 0 Å². The van der Waals surface area contributed by atoms with E-state index in [-0.39, 0.29) is 82.8 Å². The highest BCUT2D eigenvalue weighted by Gasteiger charge is 2.40. The van der Waals surface area contributed by atoms with Crippen molar-refractivity contribution in [2.75, 3.05) is 31.7 Å². The van der Waals surface area contributed by atoms with Crippen molar-refractivity contribution >= 4 is 130 Å². The number of guanidine groups is 1. The number of imidazole rings is 1. The number of nitrogens with two attached hydrogens (primary N) is 5. The van der Waals surface area contributed by atoms with E-state index in [1.807, 2.05) is 6.26 Å². The highest BCUT2D eigenvalue weighted by molar-refractivity contribution is 7.98. The maximum atomic E-state index is 14.3. The fourth-order valence-electron chi connectivity index (χ4n) is 12.4. The molecule has 0 fully saturated rings. The molecule has 1 heterocycles. The van der Waals surface area contributed by atoms with E-state index in [0.717, 1.165) is 6.92 Å². The zero-order valence-electron chi connectivity index (χ0n) is 73.8. The van der Waals surface area contributed by atoms with Crippen molar-refractivity contribution in [1.82, 2.24) is 89.7 Å². The van der Waals surface area contributed by atoms with Gasteiger partial charge < -0.3 is 134 Å². The van der Waals surface area contributed by atoms with Crippen LogP contribution in [-0.2, 0) is 104 Å². The normalized spacial score (nSPS) is 15.0. The fourth-order valence-corrected chi connectivity index (χ4v) is 12.9. The number of nitrogens with one attached hydrogen (secondary N) is 16. The third-order valence-electron chi connectivity index (χ3n) is 19.5. The molecule has 0 aliphatic rings. The first kappa shape index (κ1) is 111. The van der Waals surface area contributed by atoms with Crippen LogP contribution in [0.15, 0.2) is 47.8 Å². The van der Waals surface area contributed by atoms with Crippen molar-refractivity contribution in [3.05, 3.63) is 54.1 Å². The summed E-state index contributed by atoms with van der Waals surface area (Å²) < 4.78 is 0. The summed E-state index contributed by atoms with van der Waals surface area (Å²) in [5.74, 6) is -22.3. The van der Waals surface area contributed by atoms with Gasteiger partial charge in [-0.05, 0) is 133 Å². The summed E-state index contributed by atoms with van der Waals surface area (Å²) in [6.45, 7) is 15.5. The molecule has 1 aromatic heterocycles. The SMILES string of the molecule is CSCC[C@H](N)C(=O)N[C@@H](Cc1c[nH]cn1)C(=O)N[C@@H](CCCN=C(N)N)C(=O)N[C@H](C(=O)N[C@@H](CO)C(=O)N[C@@H](C)C(=O)N[C@@H](C)C(=O)N[C@@H](CC(C)C)C(=O)N[C@@H](CCC(=O)O)C(=O)N[C@@H](CCC(=O)O)C(=O)N[C@@H](C)C(=O)N[C@@H](CC(N)=O)C(=O)N[C@@H](CCCCN)C(=O)N[C@H](C(=O)N[C@@H](Cc1ccccc1)C(=O)N[C@@H](CC(C)C)C(=O)O)C(C)C)C(C)C. The Labute approximate surface area is 740 Å². The number of H-pyrrole nitrogens is 1. The van der Waals surface area contributed by atoms with Crippen molar-refractivity contribution < 1.29 is 112 Å². The van der Waals surface area contributed by atoms with Gasteiger partial charge in [-0.2, -0.15) is 11.8 Å². The molecule has 0 saturated heterocycles. The average molecular weight is 1820 g/mol. The zero-order valence-corrected chi connectivity index (χ0v) is 74.6. The number of carbonyl (C=O) groups is 19. The largest absolute Gasteiger partial charge is 0.481 e. The van der Waals surface area contributed by atoms with E-state index in [4.69, 9.17) is 28.7 Å². The van der Waals surface area contributed by atoms with E-state index in [2.05, 4.69) is 94.7 Å². The van der Waals surface area contributed by atoms with Crippen LogP contribution in [0.25, 0.3) is 0 Å². The summed E-state index contributed by atoms with van der Waals surface area (Å²) in [4.78, 5) is 269. The molecule has 0 aliphatic heterocycles. The van der Waals surface area contributed by atoms with Crippen molar-refractivity contribution in [2.24, 2.45) is 57.3 Å². The first-order valence-electron chi connectivity index (χ1n) is 41.8. The summed E-state index contributed by atoms with van der Waals surface area (Å²) in [5.41, 5.74) is 29.4. The summed E-state index contributed by atoms with van der Waals surface area (Å²) in [5, 5.41) is 76.4. The molecule has 127 heavy (non-hydrogen) atoms. The molecule has 0 unspecified atom stereocenters. The van der Waals surface area contributed by atoms with Crippen LogP contribution < -0.4 is 108 Å². The number of carbonyl (C=O) groups excluding carboxylic acids is 16. The minimum Gasteiger partial charge on any atom is -0.481 e. The van der Waals surface area contributed by atoms with Gasteiger partial charge in [0, 0.05) is 38.4 Å². The van der Waals surface area contributed by atoms with Crippen molar-refractivity contribution in [1.29, 1.82) is 0 Å². The number of carboxylic acid groups (broad SMARTS) is 3. The van der Waals surface area contributed by atoms with Crippen LogP contribution in [-0.4, -0.2) is 277 Å². The molecule has 47 heteroatoms. The van der Waals surface area contributed by atoms with Gasteiger partial charge in [0.2, 0.25) is 94.5 Å². The standard InChI is InChI=1S/C80H131N23O23S/c1-39(2)31-53(96-65(111)44(10)89-64(110)43(9)91-76(122)58(37-104)101-78(124)63(42(7)8)103-71(117)50(22-18-29-87-80(84)85)93-74(120)55(34-47-36-86-38-88-47)98-67(113)48(82)27-30-127-12)72(118)95-52(24-26-61(108)109)69(115)94-51(23-25-60(106)107)68(114)90-45(11)66(112)97-56(35-59(83)105)75(121)92-49(21-16-17-28-81)70(116)102-62(41(5)6)77(123)99-54(33-46-19-14-13-15-20-46)73(119)100-57(79(125)126)32-40(3)4/h13-15,19-20,36,38-45,48-58,62-63,104H,16-18,21-35,37,81-82H2,1-12H3,(H2,83,105)(H,86,88)(H,89,110)(H,90,114)(H,91,122)(H,92,121)(H,93,120)(H,94,115)(H,95,118)(H,96,111)(H,97,112)(H,98,113)(H,99,123)(H,100,119)(H,101,124)(H,102,116)(H,103,117)(H,106,107)(H,108,109)(H,125,126)(H4,84,85,87)/t43-,44-,45-,48-,49-,50-,51-,52-,53-,54-,55-,56-,57-,58-,62-,63-/m0/s1. The lowest BCUT2D eigenvalue weighted by molar-refractivity contribution is -0.143. The number of aromatic nitrogens is 2. The molecule has 2 aromatic rings. The second-order valence-electron chi connectivity index (χ2n) is 32.2. The second kappa shape index (κ2) is 57.5. The van der Waals surface area contributed by atoms with Crippen molar-refractivity contribution in [2.45, 2.75) is 269 Å². The lowest BCUT2D eigenvalue weighted by Crippen LogP contribution is -2.61. The molecule has 16 amide bonds. The van der Waals surface area contributed by atoms with Gasteiger partial charge in [0.1, 0.15) is 90.6 Å². The van der Waals surface area contributed by atoms with Crippen LogP contribution in [0.3, 0.4) is 0 Å². The summed E-state index contributed by atoms with van der Waals surface area (Å²) in [7, 11) is 0. The number of unbranched alkanes of at least 4 members (excludes halogenated alkanes) is 1. The van der Waals surface area contributed by atoms with Gasteiger partial charge in [0.25, 0.3) is 0 Å². The topological polar surface area (TPSA) is 757 Å². The molecule has 46 nitrogen and oxygen atoms in total. The molecular weight excluding hydrogens is 1680 g/mol. The maximum Gasteiger partial charge on any atom is 0.326 e. The number of primary amides is 1. The number of hydrogen-bond acceptors (Lipinski definition) is 25. The monoisotopic (exact) mass is 1810 g/mol. The molecular formula is C80H131N23O23S. The zero-order chi connectivity index (χ0) is 96.1. The number of thioether (sulfide) groups is 1. The van der Waals surface area contributed by atoms with Gasteiger partial charge >= 0.3 is 17.9 Å². The Bertz CT molecular complexity index is 4040. The average Bonchev–Trinajstić information content (AvgIpc) is 1.01. The van der Waals surface area contributed by atoms with Gasteiger partial charge in [0.15, 0.2) is 5.96 Å². The van der Waals surface area contributed by atoms with Crippen LogP contribution in [0.1, 0.15) is 171 Å². The number of carboxylic acids is 3. The van der Waals surface area contributed by atoms with Gasteiger partial charge in [-0.3, -0.25) is 91.3 Å². The number of aliphatic carboxylic acids is 3. The number of nitrogens with zero attached hydrogens (tertiary/aromatic N) is 2. The number of aliphatic hydroxyl groups is 1. The number of hydrogen-bond donors (Lipinski definition) is 25. The van der Waals surface area contributed by atoms with Crippen molar-refractivity contribution in [3.63, 3.8) is 0 Å². The Balaban J connectivity index is 2.34. The first-order valence-corrected chi connectivity index (χ1v) is 43.2. The Morgan fingerprint density at radius 2 is 0.803 bits per heavy atom. The lowest BCUT2D eigenvalue weighted by Gasteiger charge is -2.29. The van der Waals surface area contributed by atoms with Gasteiger partial charge in [0.05, 0.1) is 31.1 Å². The minimum atomic E-state index is -1.89. The number of aliphatic hydroxyl groups excluding tert-OH is 1. The van der Waals surface area contributed by atoms with E-state index in [9.17, 15) is 112 Å². The summed E-state index contributed by atoms with van der Waals surface area (Å²) in [6.07, 6.45) is 1.05. The Kier molecular flexibility index (Phi) is 50.2. The molecule has 0 aliphatic carbocycles. The second-order valence-corrected chi connectivity index (χ2v) is 33.1. The van der Waals surface area contributed by atoms with E-state index in [1.54, 1.807) is 71.9 Å². The van der Waals surface area contributed by atoms with Gasteiger partial charge in [-0.25, -0.2) is 9.78 Å². The molecule has 30 N–H and O–H groups in total. The predicted molar refractivity (Wildman–Crippen MR) is 463 cm³/mol.